The van der Waals surface area contributed by atoms with Crippen molar-refractivity contribution < 1.29 is 0 Å². The summed E-state index contributed by atoms with van der Waals surface area (Å²) >= 11 is 12.6. The smallest absolute Gasteiger partial charge is 0.224 e. The molecule has 0 spiro atoms. The van der Waals surface area contributed by atoms with E-state index in [0.717, 1.165) is 5.56 Å². The fourth-order valence-corrected chi connectivity index (χ4v) is 2.62. The molecule has 0 saturated heterocycles. The first-order valence-corrected chi connectivity index (χ1v) is 6.79. The number of aliphatic imine (C=N–C) groups is 2. The predicted octanol–water partition coefficient (Wildman–Crippen LogP) is 2.59. The highest BCUT2D eigenvalue weighted by molar-refractivity contribution is 6.39. The summed E-state index contributed by atoms with van der Waals surface area (Å²) in [7, 11) is 0. The molecule has 0 radical (unpaired) electrons. The van der Waals surface area contributed by atoms with E-state index in [9.17, 15) is 0 Å². The molecule has 1 aromatic heterocycles. The van der Waals surface area contributed by atoms with Crippen LogP contribution in [-0.4, -0.2) is 28.5 Å². The Hall–Kier alpha value is -2.18. The second-order valence-corrected chi connectivity index (χ2v) is 5.13. The number of rotatable bonds is 2. The highest BCUT2D eigenvalue weighted by Gasteiger charge is 2.13. The van der Waals surface area contributed by atoms with Crippen molar-refractivity contribution in [3.8, 4) is 11.1 Å². The van der Waals surface area contributed by atoms with Crippen LogP contribution in [0.15, 0.2) is 40.6 Å². The topological polar surface area (TPSA) is 88.5 Å². The fraction of sp³-hybridized carbons (Fsp3) is 0.0769. The van der Waals surface area contributed by atoms with Gasteiger partial charge in [0.1, 0.15) is 12.4 Å². The van der Waals surface area contributed by atoms with Gasteiger partial charge in [-0.3, -0.25) is 0 Å². The van der Waals surface area contributed by atoms with Gasteiger partial charge in [0, 0.05) is 16.8 Å². The maximum atomic E-state index is 6.31. The molecule has 3 rings (SSSR count). The molecule has 0 amide bonds. The number of nitrogens with one attached hydrogen (secondary N) is 1. The lowest BCUT2D eigenvalue weighted by molar-refractivity contribution is 1.03. The van der Waals surface area contributed by atoms with Gasteiger partial charge in [0.15, 0.2) is 0 Å². The molecule has 106 valence electrons. The molecule has 3 N–H and O–H groups in total. The summed E-state index contributed by atoms with van der Waals surface area (Å²) in [4.78, 5) is 8.18. The third-order valence-corrected chi connectivity index (χ3v) is 3.41. The van der Waals surface area contributed by atoms with Gasteiger partial charge in [-0.05, 0) is 18.2 Å². The van der Waals surface area contributed by atoms with Gasteiger partial charge in [0.25, 0.3) is 0 Å². The number of guanidine groups is 1. The van der Waals surface area contributed by atoms with Gasteiger partial charge in [-0.15, -0.1) is 0 Å². The SMILES string of the molecule is NC1=NC(Nc2cc(Cl)c(-c3ccnnc3)c(Cl)c2)=NC1. The summed E-state index contributed by atoms with van der Waals surface area (Å²) in [6, 6.07) is 5.28. The third-order valence-electron chi connectivity index (χ3n) is 2.81. The van der Waals surface area contributed by atoms with Crippen LogP contribution in [0.2, 0.25) is 10.0 Å². The summed E-state index contributed by atoms with van der Waals surface area (Å²) in [5.74, 6) is 0.909. The first-order chi connectivity index (χ1) is 10.1. The summed E-state index contributed by atoms with van der Waals surface area (Å²) < 4.78 is 0. The molecule has 2 aromatic rings. The molecule has 21 heavy (non-hydrogen) atoms. The van der Waals surface area contributed by atoms with Gasteiger partial charge in [-0.1, -0.05) is 23.2 Å². The van der Waals surface area contributed by atoms with Crippen LogP contribution < -0.4 is 11.1 Å². The highest BCUT2D eigenvalue weighted by atomic mass is 35.5. The molecule has 8 heteroatoms. The molecule has 0 atom stereocenters. The van der Waals surface area contributed by atoms with Crippen LogP contribution in [0.1, 0.15) is 0 Å². The molecule has 0 unspecified atom stereocenters. The Morgan fingerprint density at radius 1 is 1.14 bits per heavy atom. The average molecular weight is 321 g/mol. The second-order valence-electron chi connectivity index (χ2n) is 4.31. The van der Waals surface area contributed by atoms with Crippen molar-refractivity contribution in [3.63, 3.8) is 0 Å². The van der Waals surface area contributed by atoms with E-state index >= 15 is 0 Å². The van der Waals surface area contributed by atoms with Gasteiger partial charge in [0.2, 0.25) is 5.96 Å². The van der Waals surface area contributed by atoms with E-state index in [4.69, 9.17) is 28.9 Å². The Balaban J connectivity index is 1.93. The minimum absolute atomic E-state index is 0.393. The molecule has 0 bridgehead atoms. The Labute approximate surface area is 130 Å². The van der Waals surface area contributed by atoms with Crippen molar-refractivity contribution >= 4 is 40.7 Å². The Kier molecular flexibility index (Phi) is 3.72. The van der Waals surface area contributed by atoms with Crippen molar-refractivity contribution in [3.05, 3.63) is 40.6 Å². The monoisotopic (exact) mass is 320 g/mol. The standard InChI is InChI=1S/C13H10Cl2N6/c14-9-3-8(20-13-17-6-11(16)21-13)4-10(15)12(9)7-1-2-18-19-5-7/h1-5H,6H2,(H3,16,17,20,21). The van der Waals surface area contributed by atoms with E-state index in [-0.39, 0.29) is 0 Å². The van der Waals surface area contributed by atoms with Gasteiger partial charge in [-0.2, -0.15) is 15.2 Å². The number of benzene rings is 1. The minimum Gasteiger partial charge on any atom is -0.385 e. The number of amidine groups is 1. The average Bonchev–Trinajstić information content (AvgIpc) is 2.84. The quantitative estimate of drug-likeness (QED) is 0.890. The number of hydrogen-bond donors (Lipinski definition) is 2. The first-order valence-electron chi connectivity index (χ1n) is 6.04. The number of aromatic nitrogens is 2. The van der Waals surface area contributed by atoms with Crippen molar-refractivity contribution in [2.24, 2.45) is 15.7 Å². The second kappa shape index (κ2) is 5.67. The van der Waals surface area contributed by atoms with E-state index in [2.05, 4.69) is 25.5 Å². The number of nitrogens with two attached hydrogens (primary N) is 1. The summed E-state index contributed by atoms with van der Waals surface area (Å²) in [5.41, 5.74) is 7.76. The van der Waals surface area contributed by atoms with Crippen LogP contribution in [0.25, 0.3) is 11.1 Å². The zero-order valence-corrected chi connectivity index (χ0v) is 12.2. The predicted molar refractivity (Wildman–Crippen MR) is 85.0 cm³/mol. The largest absolute Gasteiger partial charge is 0.385 e. The van der Waals surface area contributed by atoms with Crippen molar-refractivity contribution in [1.29, 1.82) is 0 Å². The number of hydrogen-bond acceptors (Lipinski definition) is 6. The van der Waals surface area contributed by atoms with Crippen molar-refractivity contribution in [2.45, 2.75) is 0 Å². The third kappa shape index (κ3) is 2.96. The first kappa shape index (κ1) is 13.8. The number of halogens is 2. The Morgan fingerprint density at radius 2 is 1.90 bits per heavy atom. The molecule has 0 saturated carbocycles. The van der Waals surface area contributed by atoms with Gasteiger partial charge in [0.05, 0.1) is 22.4 Å². The molecule has 1 aliphatic rings. The van der Waals surface area contributed by atoms with E-state index in [0.29, 0.717) is 39.6 Å². The van der Waals surface area contributed by atoms with Crippen molar-refractivity contribution in [2.75, 3.05) is 11.9 Å². The molecule has 1 aromatic carbocycles. The summed E-state index contributed by atoms with van der Waals surface area (Å²) in [6.45, 7) is 0.393. The molecule has 2 heterocycles. The van der Waals surface area contributed by atoms with E-state index < -0.39 is 0 Å². The fourth-order valence-electron chi connectivity index (χ4n) is 1.92. The maximum absolute atomic E-state index is 6.31. The van der Waals surface area contributed by atoms with E-state index in [1.807, 2.05) is 0 Å². The van der Waals surface area contributed by atoms with E-state index in [1.165, 1.54) is 0 Å². The van der Waals surface area contributed by atoms with Crippen molar-refractivity contribution in [1.82, 2.24) is 10.2 Å². The lowest BCUT2D eigenvalue weighted by Gasteiger charge is -2.10. The molecule has 1 aliphatic heterocycles. The van der Waals surface area contributed by atoms with Crippen LogP contribution in [-0.2, 0) is 0 Å². The Morgan fingerprint density at radius 3 is 2.48 bits per heavy atom. The molecule has 0 fully saturated rings. The zero-order valence-electron chi connectivity index (χ0n) is 10.7. The van der Waals surface area contributed by atoms with Crippen LogP contribution >= 0.6 is 23.2 Å². The van der Waals surface area contributed by atoms with E-state index in [1.54, 1.807) is 30.6 Å². The molecule has 0 aliphatic carbocycles. The minimum atomic E-state index is 0.393. The molecular weight excluding hydrogens is 311 g/mol. The van der Waals surface area contributed by atoms with Gasteiger partial charge in [-0.25, -0.2) is 4.99 Å². The van der Waals surface area contributed by atoms with Crippen LogP contribution in [0.4, 0.5) is 5.69 Å². The number of nitrogens with zero attached hydrogens (tertiary/aromatic N) is 4. The normalized spacial score (nSPS) is 13.8. The summed E-state index contributed by atoms with van der Waals surface area (Å²) in [6.07, 6.45) is 3.19. The van der Waals surface area contributed by atoms with Gasteiger partial charge >= 0.3 is 0 Å². The van der Waals surface area contributed by atoms with Gasteiger partial charge < -0.3 is 11.1 Å². The lowest BCUT2D eigenvalue weighted by atomic mass is 10.1. The van der Waals surface area contributed by atoms with Crippen LogP contribution in [0, 0.1) is 0 Å². The van der Waals surface area contributed by atoms with Crippen LogP contribution in [0.3, 0.4) is 0 Å². The molecule has 6 nitrogen and oxygen atoms in total. The zero-order chi connectivity index (χ0) is 14.8. The van der Waals surface area contributed by atoms with Crippen LogP contribution in [0.5, 0.6) is 0 Å². The maximum Gasteiger partial charge on any atom is 0.224 e. The lowest BCUT2D eigenvalue weighted by Crippen LogP contribution is -2.12. The number of anilines is 1. The molecular formula is C13H10Cl2N6. The Bertz CT molecular complexity index is 719. The highest BCUT2D eigenvalue weighted by Crippen LogP contribution is 2.36. The summed E-state index contributed by atoms with van der Waals surface area (Å²) in [5, 5.41) is 11.6.